The van der Waals surface area contributed by atoms with Gasteiger partial charge in [0.05, 0.1) is 5.56 Å². The Balaban J connectivity index is 2.22. The lowest BCUT2D eigenvalue weighted by Gasteiger charge is -2.23. The zero-order valence-electron chi connectivity index (χ0n) is 12.6. The highest BCUT2D eigenvalue weighted by atomic mass is 19.1. The molecule has 1 atom stereocenters. The van der Waals surface area contributed by atoms with E-state index < -0.39 is 53.0 Å². The van der Waals surface area contributed by atoms with Crippen LogP contribution in [-0.2, 0) is 15.1 Å². The van der Waals surface area contributed by atoms with Crippen molar-refractivity contribution >= 4 is 23.9 Å². The maximum Gasteiger partial charge on any atom is 0.325 e. The number of carbonyl (C=O) groups excluding carboxylic acids is 4. The molecule has 1 unspecified atom stereocenters. The quantitative estimate of drug-likeness (QED) is 0.683. The Morgan fingerprint density at radius 2 is 1.88 bits per heavy atom. The number of nitrogens with zero attached hydrogens (tertiary/aromatic N) is 1. The summed E-state index contributed by atoms with van der Waals surface area (Å²) in [5.74, 6) is -3.68. The molecule has 1 aliphatic heterocycles. The molecular weight excluding hydrogens is 326 g/mol. The molecule has 0 spiro atoms. The molecule has 8 nitrogen and oxygen atoms in total. The first-order valence-electron chi connectivity index (χ1n) is 6.84. The van der Waals surface area contributed by atoms with Gasteiger partial charge in [0.15, 0.2) is 0 Å². The van der Waals surface area contributed by atoms with Gasteiger partial charge in [0, 0.05) is 13.0 Å². The SMILES string of the molecule is CC1(c2c(F)cccc2F)NC(=O)N(CCC(=O)NC(N)=O)C1=O. The summed E-state index contributed by atoms with van der Waals surface area (Å²) < 4.78 is 27.9. The molecule has 24 heavy (non-hydrogen) atoms. The van der Waals surface area contributed by atoms with Gasteiger partial charge in [0.25, 0.3) is 5.91 Å². The lowest BCUT2D eigenvalue weighted by atomic mass is 9.91. The predicted octanol–water partition coefficient (Wildman–Crippen LogP) is 0.317. The van der Waals surface area contributed by atoms with Crippen LogP contribution in [0, 0.1) is 11.6 Å². The third-order valence-electron chi connectivity index (χ3n) is 3.56. The van der Waals surface area contributed by atoms with Gasteiger partial charge < -0.3 is 11.1 Å². The number of imide groups is 2. The Kier molecular flexibility index (Phi) is 4.49. The summed E-state index contributed by atoms with van der Waals surface area (Å²) in [5, 5.41) is 4.00. The number of amides is 6. The molecule has 10 heteroatoms. The number of benzene rings is 1. The van der Waals surface area contributed by atoms with E-state index in [1.54, 1.807) is 5.32 Å². The van der Waals surface area contributed by atoms with Crippen LogP contribution in [-0.4, -0.2) is 35.3 Å². The van der Waals surface area contributed by atoms with Crippen molar-refractivity contribution in [3.05, 3.63) is 35.4 Å². The molecule has 0 bridgehead atoms. The van der Waals surface area contributed by atoms with Crippen molar-refractivity contribution < 1.29 is 28.0 Å². The minimum Gasteiger partial charge on any atom is -0.351 e. The van der Waals surface area contributed by atoms with Gasteiger partial charge in [0.2, 0.25) is 5.91 Å². The molecule has 1 heterocycles. The molecule has 2 rings (SSSR count). The fourth-order valence-corrected chi connectivity index (χ4v) is 2.46. The van der Waals surface area contributed by atoms with Crippen molar-refractivity contribution in [1.29, 1.82) is 0 Å². The molecule has 0 aromatic heterocycles. The summed E-state index contributed by atoms with van der Waals surface area (Å²) in [5.41, 5.74) is 2.24. The van der Waals surface area contributed by atoms with Crippen molar-refractivity contribution in [2.75, 3.05) is 6.54 Å². The normalized spacial score (nSPS) is 20.0. The fourth-order valence-electron chi connectivity index (χ4n) is 2.46. The van der Waals surface area contributed by atoms with Crippen molar-refractivity contribution in [3.8, 4) is 0 Å². The van der Waals surface area contributed by atoms with E-state index in [1.165, 1.54) is 0 Å². The molecule has 1 fully saturated rings. The Bertz CT molecular complexity index is 719. The Morgan fingerprint density at radius 1 is 1.29 bits per heavy atom. The third-order valence-corrected chi connectivity index (χ3v) is 3.56. The number of carbonyl (C=O) groups is 4. The van der Waals surface area contributed by atoms with Crippen LogP contribution in [0.4, 0.5) is 18.4 Å². The van der Waals surface area contributed by atoms with Crippen molar-refractivity contribution in [2.24, 2.45) is 5.73 Å². The molecular formula is C14H14F2N4O4. The maximum atomic E-state index is 14.0. The average molecular weight is 340 g/mol. The second-order valence-electron chi connectivity index (χ2n) is 5.27. The zero-order valence-corrected chi connectivity index (χ0v) is 12.6. The van der Waals surface area contributed by atoms with Crippen LogP contribution in [0.15, 0.2) is 18.2 Å². The second kappa shape index (κ2) is 6.22. The van der Waals surface area contributed by atoms with Gasteiger partial charge in [-0.25, -0.2) is 18.4 Å². The van der Waals surface area contributed by atoms with Gasteiger partial charge in [-0.15, -0.1) is 0 Å². The average Bonchev–Trinajstić information content (AvgIpc) is 2.66. The first kappa shape index (κ1) is 17.3. The number of nitrogens with one attached hydrogen (secondary N) is 2. The van der Waals surface area contributed by atoms with Crippen molar-refractivity contribution in [2.45, 2.75) is 18.9 Å². The lowest BCUT2D eigenvalue weighted by Crippen LogP contribution is -2.43. The fraction of sp³-hybridized carbons (Fsp3) is 0.286. The highest BCUT2D eigenvalue weighted by molar-refractivity contribution is 6.07. The molecule has 4 N–H and O–H groups in total. The highest BCUT2D eigenvalue weighted by Gasteiger charge is 2.51. The van der Waals surface area contributed by atoms with E-state index in [2.05, 4.69) is 5.32 Å². The van der Waals surface area contributed by atoms with E-state index in [-0.39, 0.29) is 6.54 Å². The first-order valence-corrected chi connectivity index (χ1v) is 6.84. The summed E-state index contributed by atoms with van der Waals surface area (Å²) >= 11 is 0. The van der Waals surface area contributed by atoms with E-state index in [0.29, 0.717) is 4.90 Å². The van der Waals surface area contributed by atoms with Gasteiger partial charge in [-0.05, 0) is 19.1 Å². The van der Waals surface area contributed by atoms with Crippen LogP contribution in [0.25, 0.3) is 0 Å². The van der Waals surface area contributed by atoms with Gasteiger partial charge in [-0.2, -0.15) is 0 Å². The predicted molar refractivity (Wildman–Crippen MR) is 76.3 cm³/mol. The van der Waals surface area contributed by atoms with Gasteiger partial charge in [-0.3, -0.25) is 19.8 Å². The smallest absolute Gasteiger partial charge is 0.325 e. The summed E-state index contributed by atoms with van der Waals surface area (Å²) in [6, 6.07) is 1.08. The molecule has 0 aliphatic carbocycles. The van der Waals surface area contributed by atoms with Gasteiger partial charge in [0.1, 0.15) is 17.2 Å². The van der Waals surface area contributed by atoms with E-state index in [9.17, 15) is 28.0 Å². The number of urea groups is 2. The molecule has 0 saturated carbocycles. The van der Waals surface area contributed by atoms with Gasteiger partial charge in [-0.1, -0.05) is 6.07 Å². The Labute approximate surface area is 135 Å². The van der Waals surface area contributed by atoms with E-state index in [0.717, 1.165) is 25.1 Å². The summed E-state index contributed by atoms with van der Waals surface area (Å²) in [6.07, 6.45) is -0.391. The standard InChI is InChI=1S/C14H14F2N4O4/c1-14(10-7(15)3-2-4-8(10)16)11(22)20(13(24)19-14)6-5-9(21)18-12(17)23/h2-4H,5-6H2,1H3,(H,19,24)(H3,17,18,21,23). The summed E-state index contributed by atoms with van der Waals surface area (Å²) in [6.45, 7) is 0.785. The minimum atomic E-state index is -1.94. The number of nitrogens with two attached hydrogens (primary N) is 1. The molecule has 128 valence electrons. The van der Waals surface area contributed by atoms with E-state index in [1.807, 2.05) is 0 Å². The topological polar surface area (TPSA) is 122 Å². The van der Waals surface area contributed by atoms with Crippen LogP contribution >= 0.6 is 0 Å². The summed E-state index contributed by atoms with van der Waals surface area (Å²) in [4.78, 5) is 47.0. The van der Waals surface area contributed by atoms with Crippen molar-refractivity contribution in [1.82, 2.24) is 15.5 Å². The van der Waals surface area contributed by atoms with Crippen LogP contribution in [0.3, 0.4) is 0 Å². The molecule has 1 aromatic rings. The molecule has 6 amide bonds. The number of hydrogen-bond donors (Lipinski definition) is 3. The highest BCUT2D eigenvalue weighted by Crippen LogP contribution is 2.32. The van der Waals surface area contributed by atoms with Crippen molar-refractivity contribution in [3.63, 3.8) is 0 Å². The minimum absolute atomic E-state index is 0.380. The maximum absolute atomic E-state index is 14.0. The molecule has 1 aromatic carbocycles. The molecule has 0 radical (unpaired) electrons. The van der Waals surface area contributed by atoms with Crippen LogP contribution in [0.1, 0.15) is 18.9 Å². The first-order chi connectivity index (χ1) is 11.2. The number of rotatable bonds is 4. The lowest BCUT2D eigenvalue weighted by molar-refractivity contribution is -0.131. The molecule has 1 aliphatic rings. The third kappa shape index (κ3) is 3.03. The zero-order chi connectivity index (χ0) is 18.1. The number of halogens is 2. The second-order valence-corrected chi connectivity index (χ2v) is 5.27. The largest absolute Gasteiger partial charge is 0.351 e. The van der Waals surface area contributed by atoms with Crippen LogP contribution < -0.4 is 16.4 Å². The number of hydrogen-bond acceptors (Lipinski definition) is 4. The van der Waals surface area contributed by atoms with Gasteiger partial charge >= 0.3 is 12.1 Å². The van der Waals surface area contributed by atoms with Crippen LogP contribution in [0.2, 0.25) is 0 Å². The molecule has 1 saturated heterocycles. The number of primary amides is 1. The Hall–Kier alpha value is -3.04. The van der Waals surface area contributed by atoms with Crippen LogP contribution in [0.5, 0.6) is 0 Å². The van der Waals surface area contributed by atoms with E-state index >= 15 is 0 Å². The van der Waals surface area contributed by atoms with E-state index in [4.69, 9.17) is 5.73 Å². The summed E-state index contributed by atoms with van der Waals surface area (Å²) in [7, 11) is 0. The monoisotopic (exact) mass is 340 g/mol. The Morgan fingerprint density at radius 3 is 2.42 bits per heavy atom.